The third-order valence-electron chi connectivity index (χ3n) is 3.77. The van der Waals surface area contributed by atoms with Crippen LogP contribution in [0.5, 0.6) is 0 Å². The van der Waals surface area contributed by atoms with Crippen LogP contribution >= 0.6 is 0 Å². The molecule has 0 aliphatic carbocycles. The van der Waals surface area contributed by atoms with Crippen molar-refractivity contribution in [3.63, 3.8) is 0 Å². The van der Waals surface area contributed by atoms with Crippen molar-refractivity contribution < 1.29 is 9.18 Å². The summed E-state index contributed by atoms with van der Waals surface area (Å²) in [5.74, 6) is -0.123. The fraction of sp³-hybridized carbons (Fsp3) is 0.312. The molecule has 4 heteroatoms. The highest BCUT2D eigenvalue weighted by Crippen LogP contribution is 2.22. The third kappa shape index (κ3) is 2.51. The molecular weight excluding hydrogens is 255 g/mol. The van der Waals surface area contributed by atoms with Gasteiger partial charge in [0.1, 0.15) is 5.82 Å². The fourth-order valence-electron chi connectivity index (χ4n) is 2.67. The Morgan fingerprint density at radius 2 is 1.80 bits per heavy atom. The maximum atomic E-state index is 13.8. The van der Waals surface area contributed by atoms with Gasteiger partial charge < -0.3 is 10.2 Å². The predicted molar refractivity (Wildman–Crippen MR) is 77.1 cm³/mol. The largest absolute Gasteiger partial charge is 0.340 e. The molecule has 1 heterocycles. The molecule has 1 fully saturated rings. The van der Waals surface area contributed by atoms with E-state index in [-0.39, 0.29) is 11.7 Å². The standard InChI is InChI=1S/C16H17FN2O/c17-15-6-5-12(13-3-1-2-4-14(13)15)11-16(20)19-9-7-18-8-10-19/h1-6,18H,7-11H2. The minimum atomic E-state index is -0.237. The van der Waals surface area contributed by atoms with E-state index in [0.717, 1.165) is 37.1 Å². The summed E-state index contributed by atoms with van der Waals surface area (Å²) in [6.07, 6.45) is 0.334. The first-order valence-corrected chi connectivity index (χ1v) is 6.90. The van der Waals surface area contributed by atoms with Crippen molar-refractivity contribution in [1.29, 1.82) is 0 Å². The quantitative estimate of drug-likeness (QED) is 0.906. The Hall–Kier alpha value is -1.94. The first-order valence-electron chi connectivity index (χ1n) is 6.90. The van der Waals surface area contributed by atoms with Crippen molar-refractivity contribution >= 4 is 16.7 Å². The highest BCUT2D eigenvalue weighted by Gasteiger charge is 2.17. The van der Waals surface area contributed by atoms with Crippen LogP contribution in [-0.2, 0) is 11.2 Å². The Bertz CT molecular complexity index is 635. The number of benzene rings is 2. The highest BCUT2D eigenvalue weighted by molar-refractivity contribution is 5.90. The molecule has 0 unspecified atom stereocenters. The van der Waals surface area contributed by atoms with Gasteiger partial charge in [-0.15, -0.1) is 0 Å². The minimum absolute atomic E-state index is 0.114. The summed E-state index contributed by atoms with van der Waals surface area (Å²) in [6.45, 7) is 3.18. The number of amides is 1. The van der Waals surface area contributed by atoms with Gasteiger partial charge in [-0.1, -0.05) is 30.3 Å². The summed E-state index contributed by atoms with van der Waals surface area (Å²) in [5, 5.41) is 4.64. The lowest BCUT2D eigenvalue weighted by Crippen LogP contribution is -2.46. The van der Waals surface area contributed by atoms with Crippen molar-refractivity contribution in [1.82, 2.24) is 10.2 Å². The van der Waals surface area contributed by atoms with Crippen molar-refractivity contribution in [3.05, 3.63) is 47.8 Å². The van der Waals surface area contributed by atoms with Crippen molar-refractivity contribution in [2.45, 2.75) is 6.42 Å². The van der Waals surface area contributed by atoms with Gasteiger partial charge in [0.25, 0.3) is 0 Å². The van der Waals surface area contributed by atoms with E-state index in [1.807, 2.05) is 23.1 Å². The molecule has 0 atom stereocenters. The summed E-state index contributed by atoms with van der Waals surface area (Å²) in [4.78, 5) is 14.2. The maximum absolute atomic E-state index is 13.8. The third-order valence-corrected chi connectivity index (χ3v) is 3.77. The molecule has 0 bridgehead atoms. The number of rotatable bonds is 2. The predicted octanol–water partition coefficient (Wildman–Crippen LogP) is 1.95. The van der Waals surface area contributed by atoms with Crippen LogP contribution in [0.2, 0.25) is 0 Å². The van der Waals surface area contributed by atoms with Crippen LogP contribution in [0.3, 0.4) is 0 Å². The molecule has 0 radical (unpaired) electrons. The van der Waals surface area contributed by atoms with Crippen LogP contribution in [0, 0.1) is 5.82 Å². The number of hydrogen-bond donors (Lipinski definition) is 1. The second kappa shape index (κ2) is 5.59. The van der Waals surface area contributed by atoms with E-state index >= 15 is 0 Å². The van der Waals surface area contributed by atoms with Gasteiger partial charge in [-0.2, -0.15) is 0 Å². The van der Waals surface area contributed by atoms with E-state index in [2.05, 4.69) is 5.32 Å². The smallest absolute Gasteiger partial charge is 0.227 e. The number of carbonyl (C=O) groups excluding carboxylic acids is 1. The fourth-order valence-corrected chi connectivity index (χ4v) is 2.67. The summed E-state index contributed by atoms with van der Waals surface area (Å²) >= 11 is 0. The number of piperazine rings is 1. The Labute approximate surface area is 117 Å². The number of carbonyl (C=O) groups is 1. The molecule has 3 rings (SSSR count). The Morgan fingerprint density at radius 1 is 1.10 bits per heavy atom. The zero-order valence-corrected chi connectivity index (χ0v) is 11.2. The molecule has 2 aromatic carbocycles. The van der Waals surface area contributed by atoms with E-state index < -0.39 is 0 Å². The van der Waals surface area contributed by atoms with Crippen LogP contribution < -0.4 is 5.32 Å². The van der Waals surface area contributed by atoms with E-state index in [1.165, 1.54) is 6.07 Å². The highest BCUT2D eigenvalue weighted by atomic mass is 19.1. The lowest BCUT2D eigenvalue weighted by atomic mass is 10.0. The number of halogens is 1. The van der Waals surface area contributed by atoms with Gasteiger partial charge in [0.2, 0.25) is 5.91 Å². The van der Waals surface area contributed by atoms with Gasteiger partial charge in [0.15, 0.2) is 0 Å². The monoisotopic (exact) mass is 272 g/mol. The molecular formula is C16H17FN2O. The lowest BCUT2D eigenvalue weighted by Gasteiger charge is -2.27. The van der Waals surface area contributed by atoms with Crippen LogP contribution in [0.1, 0.15) is 5.56 Å². The van der Waals surface area contributed by atoms with Crippen molar-refractivity contribution in [3.8, 4) is 0 Å². The van der Waals surface area contributed by atoms with Gasteiger partial charge in [-0.25, -0.2) is 4.39 Å². The molecule has 0 saturated carbocycles. The molecule has 1 aliphatic heterocycles. The van der Waals surface area contributed by atoms with Crippen molar-refractivity contribution in [2.24, 2.45) is 0 Å². The van der Waals surface area contributed by atoms with E-state index in [9.17, 15) is 9.18 Å². The first kappa shape index (κ1) is 13.1. The normalized spacial score (nSPS) is 15.6. The average Bonchev–Trinajstić information content (AvgIpc) is 2.51. The molecule has 1 N–H and O–H groups in total. The van der Waals surface area contributed by atoms with Crippen LogP contribution in [0.25, 0.3) is 10.8 Å². The average molecular weight is 272 g/mol. The van der Waals surface area contributed by atoms with Gasteiger partial charge in [-0.05, 0) is 17.0 Å². The minimum Gasteiger partial charge on any atom is -0.340 e. The molecule has 0 spiro atoms. The Morgan fingerprint density at radius 3 is 2.55 bits per heavy atom. The van der Waals surface area contributed by atoms with E-state index in [0.29, 0.717) is 11.8 Å². The van der Waals surface area contributed by atoms with E-state index in [4.69, 9.17) is 0 Å². The summed E-state index contributed by atoms with van der Waals surface area (Å²) in [6, 6.07) is 10.5. The topological polar surface area (TPSA) is 32.3 Å². The molecule has 1 aliphatic rings. The van der Waals surface area contributed by atoms with Gasteiger partial charge in [-0.3, -0.25) is 4.79 Å². The molecule has 1 amide bonds. The van der Waals surface area contributed by atoms with Crippen LogP contribution in [0.15, 0.2) is 36.4 Å². The lowest BCUT2D eigenvalue weighted by molar-refractivity contribution is -0.131. The zero-order chi connectivity index (χ0) is 13.9. The number of hydrogen-bond acceptors (Lipinski definition) is 2. The molecule has 1 saturated heterocycles. The summed E-state index contributed by atoms with van der Waals surface area (Å²) < 4.78 is 13.8. The number of nitrogens with one attached hydrogen (secondary N) is 1. The zero-order valence-electron chi connectivity index (χ0n) is 11.2. The summed E-state index contributed by atoms with van der Waals surface area (Å²) in [7, 11) is 0. The second-order valence-corrected chi connectivity index (χ2v) is 5.06. The second-order valence-electron chi connectivity index (χ2n) is 5.06. The molecule has 20 heavy (non-hydrogen) atoms. The van der Waals surface area contributed by atoms with Gasteiger partial charge in [0, 0.05) is 31.6 Å². The molecule has 3 nitrogen and oxygen atoms in total. The SMILES string of the molecule is O=C(Cc1ccc(F)c2ccccc12)N1CCNCC1. The van der Waals surface area contributed by atoms with Crippen LogP contribution in [0.4, 0.5) is 4.39 Å². The molecule has 104 valence electrons. The maximum Gasteiger partial charge on any atom is 0.227 e. The van der Waals surface area contributed by atoms with Gasteiger partial charge in [0.05, 0.1) is 6.42 Å². The Balaban J connectivity index is 1.87. The van der Waals surface area contributed by atoms with Crippen LogP contribution in [-0.4, -0.2) is 37.0 Å². The van der Waals surface area contributed by atoms with Gasteiger partial charge >= 0.3 is 0 Å². The Kier molecular flexibility index (Phi) is 3.65. The number of nitrogens with zero attached hydrogens (tertiary/aromatic N) is 1. The molecule has 0 aromatic heterocycles. The van der Waals surface area contributed by atoms with Crippen molar-refractivity contribution in [2.75, 3.05) is 26.2 Å². The molecule has 2 aromatic rings. The summed E-state index contributed by atoms with van der Waals surface area (Å²) in [5.41, 5.74) is 0.894. The van der Waals surface area contributed by atoms with E-state index in [1.54, 1.807) is 12.1 Å². The number of fused-ring (bicyclic) bond motifs is 1. The first-order chi connectivity index (χ1) is 9.75.